The molecule has 404 valence electrons. The van der Waals surface area contributed by atoms with Crippen LogP contribution >= 0.6 is 7.82 Å². The Bertz CT molecular complexity index is 1610. The number of carbonyl (C=O) groups is 1. The maximum absolute atomic E-state index is 12.9. The lowest BCUT2D eigenvalue weighted by Gasteiger charge is -2.29. The van der Waals surface area contributed by atoms with Crippen LogP contribution in [0.2, 0.25) is 0 Å². The van der Waals surface area contributed by atoms with Crippen LogP contribution in [0.5, 0.6) is 0 Å². The van der Waals surface area contributed by atoms with E-state index in [4.69, 9.17) is 9.05 Å². The number of phosphoric ester groups is 1. The van der Waals surface area contributed by atoms with Gasteiger partial charge in [0.25, 0.3) is 7.82 Å². The summed E-state index contributed by atoms with van der Waals surface area (Å²) in [6, 6.07) is -0.918. The van der Waals surface area contributed by atoms with E-state index in [-0.39, 0.29) is 12.5 Å². The van der Waals surface area contributed by atoms with E-state index in [1.807, 2.05) is 27.2 Å². The summed E-state index contributed by atoms with van der Waals surface area (Å²) in [5, 5.41) is 13.8. The van der Waals surface area contributed by atoms with Crippen LogP contribution in [0.15, 0.2) is 134 Å². The lowest BCUT2D eigenvalue weighted by Crippen LogP contribution is -2.45. The lowest BCUT2D eigenvalue weighted by molar-refractivity contribution is -0.870. The van der Waals surface area contributed by atoms with Gasteiger partial charge in [0, 0.05) is 6.42 Å². The van der Waals surface area contributed by atoms with Crippen molar-refractivity contribution < 1.29 is 32.9 Å². The van der Waals surface area contributed by atoms with Crippen molar-refractivity contribution in [1.29, 1.82) is 0 Å². The molecule has 0 bridgehead atoms. The number of nitrogens with zero attached hydrogens (tertiary/aromatic N) is 1. The van der Waals surface area contributed by atoms with Crippen LogP contribution in [0.1, 0.15) is 200 Å². The number of quaternary nitrogens is 1. The molecule has 9 heteroatoms. The minimum absolute atomic E-state index is 0.0156. The molecule has 1 amide bonds. The van der Waals surface area contributed by atoms with Gasteiger partial charge in [-0.2, -0.15) is 0 Å². The van der Waals surface area contributed by atoms with Crippen LogP contribution < -0.4 is 10.2 Å². The summed E-state index contributed by atoms with van der Waals surface area (Å²) in [6.07, 6.45) is 78.2. The topological polar surface area (TPSA) is 108 Å². The number of aliphatic hydroxyl groups is 1. The minimum Gasteiger partial charge on any atom is -0.756 e. The molecule has 3 unspecified atom stereocenters. The van der Waals surface area contributed by atoms with Gasteiger partial charge in [0.2, 0.25) is 5.91 Å². The van der Waals surface area contributed by atoms with E-state index in [0.717, 1.165) is 103 Å². The minimum atomic E-state index is -4.61. The molecule has 0 aliphatic carbocycles. The van der Waals surface area contributed by atoms with Crippen molar-refractivity contribution in [3.63, 3.8) is 0 Å². The average Bonchev–Trinajstić information content (AvgIpc) is 3.33. The summed E-state index contributed by atoms with van der Waals surface area (Å²) < 4.78 is 23.2. The average molecular weight is 1010 g/mol. The number of hydrogen-bond donors (Lipinski definition) is 2. The third-order valence-corrected chi connectivity index (χ3v) is 12.5. The SMILES string of the molecule is CC/C=C\C/C=C\C/C=C\C/C=C\C/C=C\C/C=C\C/C=C\C/C=C\CCCCCCCCCCCCCCC(=O)NC(COP(=O)([O-])OCC[N+](C)(C)C)C(O)/C=C/CC/C=C/CC/C=C/CCCC. The molecule has 0 aromatic carbocycles. The quantitative estimate of drug-likeness (QED) is 0.0272. The van der Waals surface area contributed by atoms with Gasteiger partial charge in [0.15, 0.2) is 0 Å². The summed E-state index contributed by atoms with van der Waals surface area (Å²) in [5.74, 6) is -0.221. The zero-order valence-corrected chi connectivity index (χ0v) is 46.8. The molecule has 0 aliphatic heterocycles. The fourth-order valence-electron chi connectivity index (χ4n) is 7.19. The molecule has 0 spiro atoms. The van der Waals surface area contributed by atoms with Gasteiger partial charge in [0.05, 0.1) is 39.9 Å². The Balaban J connectivity index is 4.10. The molecule has 0 heterocycles. The van der Waals surface area contributed by atoms with Crippen LogP contribution in [-0.4, -0.2) is 68.5 Å². The zero-order valence-electron chi connectivity index (χ0n) is 45.9. The Labute approximate surface area is 436 Å². The van der Waals surface area contributed by atoms with Gasteiger partial charge in [-0.15, -0.1) is 0 Å². The van der Waals surface area contributed by atoms with Crippen LogP contribution in [0.4, 0.5) is 0 Å². The number of aliphatic hydroxyl groups excluding tert-OH is 1. The molecule has 0 aliphatic rings. The molecule has 8 nitrogen and oxygen atoms in total. The fourth-order valence-corrected chi connectivity index (χ4v) is 7.91. The molecule has 0 saturated carbocycles. The van der Waals surface area contributed by atoms with Gasteiger partial charge >= 0.3 is 0 Å². The van der Waals surface area contributed by atoms with Crippen LogP contribution in [0.3, 0.4) is 0 Å². The molecular weight excluding hydrogens is 900 g/mol. The normalized spacial score (nSPS) is 15.0. The molecule has 0 radical (unpaired) electrons. The first-order valence-electron chi connectivity index (χ1n) is 28.0. The summed E-state index contributed by atoms with van der Waals surface area (Å²) in [4.78, 5) is 25.4. The molecule has 2 N–H and O–H groups in total. The van der Waals surface area contributed by atoms with Gasteiger partial charge in [-0.3, -0.25) is 9.36 Å². The molecule has 0 rings (SSSR count). The van der Waals surface area contributed by atoms with E-state index in [0.29, 0.717) is 17.4 Å². The molecule has 71 heavy (non-hydrogen) atoms. The smallest absolute Gasteiger partial charge is 0.268 e. The predicted molar refractivity (Wildman–Crippen MR) is 306 cm³/mol. The zero-order chi connectivity index (χ0) is 52.0. The number of hydrogen-bond acceptors (Lipinski definition) is 6. The highest BCUT2D eigenvalue weighted by Crippen LogP contribution is 2.38. The molecule has 0 fully saturated rings. The summed E-state index contributed by atoms with van der Waals surface area (Å²) >= 11 is 0. The van der Waals surface area contributed by atoms with Crippen LogP contribution in [0.25, 0.3) is 0 Å². The molecule has 3 atom stereocenters. The largest absolute Gasteiger partial charge is 0.756 e. The third kappa shape index (κ3) is 54.3. The first-order valence-corrected chi connectivity index (χ1v) is 29.5. The molecule has 0 aromatic heterocycles. The third-order valence-electron chi connectivity index (χ3n) is 11.6. The van der Waals surface area contributed by atoms with E-state index < -0.39 is 26.6 Å². The fraction of sp³-hybridized carbons (Fsp3) is 0.629. The highest BCUT2D eigenvalue weighted by molar-refractivity contribution is 7.45. The summed E-state index contributed by atoms with van der Waals surface area (Å²) in [5.41, 5.74) is 0. The van der Waals surface area contributed by atoms with Crippen LogP contribution in [-0.2, 0) is 18.4 Å². The van der Waals surface area contributed by atoms with Crippen molar-refractivity contribution in [2.75, 3.05) is 40.9 Å². The van der Waals surface area contributed by atoms with Crippen LogP contribution in [0, 0.1) is 0 Å². The van der Waals surface area contributed by atoms with Crippen molar-refractivity contribution in [3.8, 4) is 0 Å². The Kier molecular flexibility index (Phi) is 49.1. The number of nitrogens with one attached hydrogen (secondary N) is 1. The highest BCUT2D eigenvalue weighted by Gasteiger charge is 2.23. The number of likely N-dealkylation sites (N-methyl/N-ethyl adjacent to an activating group) is 1. The van der Waals surface area contributed by atoms with Crippen molar-refractivity contribution in [3.05, 3.63) is 134 Å². The Hall–Kier alpha value is -3.36. The van der Waals surface area contributed by atoms with Crippen molar-refractivity contribution in [2.24, 2.45) is 0 Å². The molecule has 0 aromatic rings. The highest BCUT2D eigenvalue weighted by atomic mass is 31.2. The van der Waals surface area contributed by atoms with E-state index in [2.05, 4.69) is 141 Å². The van der Waals surface area contributed by atoms with Crippen molar-refractivity contribution in [2.45, 2.75) is 212 Å². The predicted octanol–water partition coefficient (Wildman–Crippen LogP) is 16.5. The number of rotatable bonds is 49. The van der Waals surface area contributed by atoms with E-state index in [1.54, 1.807) is 6.08 Å². The standard InChI is InChI=1S/C62H105N2O6P/c1-6-8-10-12-14-16-18-20-21-22-23-24-25-26-27-28-29-30-31-32-33-34-35-36-37-38-39-40-41-42-43-44-46-48-50-52-54-56-62(66)63-60(59-70-71(67,68)69-58-57-64(3,4)5)61(65)55-53-51-49-47-45-19-17-15-13-11-9-7-2/h8,10,13-16,20-21,23-24,26-27,29-30,32-33,35-36,45,47,53,55,60-61,65H,6-7,9,11-12,17-19,22,25,28,31,34,37-44,46,48-52,54,56-59H2,1-5H3,(H-,63,66,67,68)/b10-8-,15-13+,16-14-,21-20-,24-23-,27-26-,30-29-,33-32-,36-35-,47-45+,55-53+. The second-order valence-electron chi connectivity index (χ2n) is 19.5. The van der Waals surface area contributed by atoms with Gasteiger partial charge in [0.1, 0.15) is 13.2 Å². The monoisotopic (exact) mass is 1000 g/mol. The summed E-state index contributed by atoms with van der Waals surface area (Å²) in [6.45, 7) is 4.43. The Morgan fingerprint density at radius 2 is 0.873 bits per heavy atom. The van der Waals surface area contributed by atoms with Crippen molar-refractivity contribution in [1.82, 2.24) is 5.32 Å². The van der Waals surface area contributed by atoms with Gasteiger partial charge in [-0.25, -0.2) is 0 Å². The summed E-state index contributed by atoms with van der Waals surface area (Å²) in [7, 11) is 1.21. The molecule has 0 saturated heterocycles. The second-order valence-corrected chi connectivity index (χ2v) is 20.9. The van der Waals surface area contributed by atoms with Gasteiger partial charge in [-0.1, -0.05) is 225 Å². The Morgan fingerprint density at radius 1 is 0.507 bits per heavy atom. The number of unbranched alkanes of at least 4 members (excludes halogenated alkanes) is 16. The Morgan fingerprint density at radius 3 is 1.31 bits per heavy atom. The lowest BCUT2D eigenvalue weighted by atomic mass is 10.0. The maximum Gasteiger partial charge on any atom is 0.268 e. The molecular formula is C62H105N2O6P. The van der Waals surface area contributed by atoms with Crippen molar-refractivity contribution >= 4 is 13.7 Å². The van der Waals surface area contributed by atoms with Gasteiger partial charge in [-0.05, 0) is 103 Å². The second kappa shape index (κ2) is 51.5. The first kappa shape index (κ1) is 67.6. The first-order chi connectivity index (χ1) is 34.5. The van der Waals surface area contributed by atoms with E-state index in [1.165, 1.54) is 77.0 Å². The van der Waals surface area contributed by atoms with Gasteiger partial charge < -0.3 is 28.8 Å². The number of phosphoric acid groups is 1. The number of allylic oxidation sites excluding steroid dienone is 21. The number of amides is 1. The number of carbonyl (C=O) groups excluding carboxylic acids is 1. The van der Waals surface area contributed by atoms with E-state index in [9.17, 15) is 19.4 Å². The van der Waals surface area contributed by atoms with E-state index >= 15 is 0 Å². The maximum atomic E-state index is 12.9.